The maximum absolute atomic E-state index is 14.3. The van der Waals surface area contributed by atoms with Crippen LogP contribution in [0, 0.1) is 17.5 Å². The second-order valence-electron chi connectivity index (χ2n) is 9.06. The highest BCUT2D eigenvalue weighted by atomic mass is 19.1. The Kier molecular flexibility index (Phi) is 6.22. The Balaban J connectivity index is 1.56. The third-order valence-corrected chi connectivity index (χ3v) is 6.73. The third kappa shape index (κ3) is 4.44. The van der Waals surface area contributed by atoms with E-state index in [0.29, 0.717) is 29.3 Å². The summed E-state index contributed by atoms with van der Waals surface area (Å²) in [6, 6.07) is 18.3. The molecule has 1 amide bonds. The number of halogens is 3. The lowest BCUT2D eigenvalue weighted by atomic mass is 9.71. The van der Waals surface area contributed by atoms with Gasteiger partial charge in [-0.1, -0.05) is 42.5 Å². The van der Waals surface area contributed by atoms with Gasteiger partial charge in [0.1, 0.15) is 17.5 Å². The van der Waals surface area contributed by atoms with E-state index in [0.717, 1.165) is 23.4 Å². The molecule has 2 unspecified atom stereocenters. The fourth-order valence-corrected chi connectivity index (χ4v) is 5.07. The first-order chi connectivity index (χ1) is 17.3. The van der Waals surface area contributed by atoms with E-state index in [9.17, 15) is 22.8 Å². The summed E-state index contributed by atoms with van der Waals surface area (Å²) in [6.45, 7) is 1.72. The summed E-state index contributed by atoms with van der Waals surface area (Å²) in [5.41, 5.74) is 3.33. The van der Waals surface area contributed by atoms with Gasteiger partial charge in [0.15, 0.2) is 5.78 Å². The van der Waals surface area contributed by atoms with Crippen LogP contribution in [0.5, 0.6) is 0 Å². The first-order valence-electron chi connectivity index (χ1n) is 11.6. The van der Waals surface area contributed by atoms with Gasteiger partial charge in [-0.3, -0.25) is 9.59 Å². The maximum atomic E-state index is 14.3. The van der Waals surface area contributed by atoms with E-state index in [4.69, 9.17) is 0 Å². The minimum Gasteiger partial charge on any atom is -0.362 e. The second kappa shape index (κ2) is 9.49. The van der Waals surface area contributed by atoms with Crippen LogP contribution in [-0.4, -0.2) is 11.7 Å². The minimum absolute atomic E-state index is 0.0182. The van der Waals surface area contributed by atoms with E-state index in [2.05, 4.69) is 10.6 Å². The molecule has 0 bridgehead atoms. The largest absolute Gasteiger partial charge is 0.362 e. The molecular weight excluding hydrogens is 465 g/mol. The second-order valence-corrected chi connectivity index (χ2v) is 9.06. The van der Waals surface area contributed by atoms with Crippen molar-refractivity contribution in [2.24, 2.45) is 0 Å². The van der Waals surface area contributed by atoms with Gasteiger partial charge in [0.2, 0.25) is 0 Å². The van der Waals surface area contributed by atoms with Gasteiger partial charge in [-0.25, -0.2) is 13.2 Å². The summed E-state index contributed by atoms with van der Waals surface area (Å²) in [5, 5.41) is 5.76. The Morgan fingerprint density at radius 3 is 2.28 bits per heavy atom. The molecule has 182 valence electrons. The summed E-state index contributed by atoms with van der Waals surface area (Å²) < 4.78 is 41.4. The van der Waals surface area contributed by atoms with Crippen molar-refractivity contribution in [1.82, 2.24) is 5.32 Å². The molecule has 0 fully saturated rings. The van der Waals surface area contributed by atoms with Crippen LogP contribution in [0.3, 0.4) is 0 Å². The number of hydrogen-bond donors (Lipinski definition) is 2. The van der Waals surface area contributed by atoms with Crippen molar-refractivity contribution in [2.75, 3.05) is 5.32 Å². The van der Waals surface area contributed by atoms with Gasteiger partial charge in [0, 0.05) is 40.9 Å². The van der Waals surface area contributed by atoms with Gasteiger partial charge in [-0.15, -0.1) is 0 Å². The van der Waals surface area contributed by atoms with Gasteiger partial charge < -0.3 is 10.6 Å². The first kappa shape index (κ1) is 23.6. The number of hydrogen-bond acceptors (Lipinski definition) is 3. The quantitative estimate of drug-likeness (QED) is 0.466. The molecule has 1 aliphatic carbocycles. The smallest absolute Gasteiger partial charge is 0.254 e. The molecular formula is C29H23F3N2O2. The molecule has 0 saturated carbocycles. The zero-order valence-corrected chi connectivity index (χ0v) is 19.4. The summed E-state index contributed by atoms with van der Waals surface area (Å²) in [7, 11) is 0. The number of amides is 1. The van der Waals surface area contributed by atoms with Crippen molar-refractivity contribution in [2.45, 2.75) is 31.6 Å². The van der Waals surface area contributed by atoms with Crippen LogP contribution in [-0.2, 0) is 9.59 Å². The molecule has 0 spiro atoms. The van der Waals surface area contributed by atoms with E-state index >= 15 is 0 Å². The van der Waals surface area contributed by atoms with E-state index in [1.165, 1.54) is 12.1 Å². The van der Waals surface area contributed by atoms with Crippen LogP contribution < -0.4 is 10.6 Å². The highest BCUT2D eigenvalue weighted by molar-refractivity contribution is 6.10. The molecule has 2 N–H and O–H groups in total. The molecule has 2 atom stereocenters. The molecule has 1 heterocycles. The van der Waals surface area contributed by atoms with Crippen molar-refractivity contribution in [3.05, 3.63) is 124 Å². The lowest BCUT2D eigenvalue weighted by Gasteiger charge is -2.37. The number of benzene rings is 3. The van der Waals surface area contributed by atoms with Crippen molar-refractivity contribution in [3.63, 3.8) is 0 Å². The SMILES string of the molecule is CC1=C(C(=O)Nc2ccc(F)cc2F)C(c2ccc(F)cc2)C2=C(CC(c3ccccc3)CC2=O)N1. The number of Topliss-reactive ketones (excluding diaryl/α,β-unsaturated/α-hetero) is 1. The third-order valence-electron chi connectivity index (χ3n) is 6.73. The van der Waals surface area contributed by atoms with E-state index in [1.807, 2.05) is 30.3 Å². The predicted octanol–water partition coefficient (Wildman–Crippen LogP) is 6.10. The van der Waals surface area contributed by atoms with E-state index in [1.54, 1.807) is 19.1 Å². The number of rotatable bonds is 4. The lowest BCUT2D eigenvalue weighted by molar-refractivity contribution is -0.116. The van der Waals surface area contributed by atoms with Crippen molar-refractivity contribution < 1.29 is 22.8 Å². The number of nitrogens with one attached hydrogen (secondary N) is 2. The van der Waals surface area contributed by atoms with Crippen LogP contribution in [0.4, 0.5) is 18.9 Å². The molecule has 4 nitrogen and oxygen atoms in total. The highest BCUT2D eigenvalue weighted by Crippen LogP contribution is 2.45. The topological polar surface area (TPSA) is 58.2 Å². The molecule has 3 aromatic rings. The molecule has 1 aliphatic heterocycles. The fourth-order valence-electron chi connectivity index (χ4n) is 5.07. The number of carbonyl (C=O) groups is 2. The Morgan fingerprint density at radius 2 is 1.58 bits per heavy atom. The van der Waals surface area contributed by atoms with Crippen LogP contribution >= 0.6 is 0 Å². The number of ketones is 1. The van der Waals surface area contributed by atoms with Crippen LogP contribution in [0.2, 0.25) is 0 Å². The van der Waals surface area contributed by atoms with Gasteiger partial charge in [-0.2, -0.15) is 0 Å². The van der Waals surface area contributed by atoms with Gasteiger partial charge >= 0.3 is 0 Å². The molecule has 0 radical (unpaired) electrons. The summed E-state index contributed by atoms with van der Waals surface area (Å²) in [4.78, 5) is 27.0. The molecule has 0 aromatic heterocycles. The summed E-state index contributed by atoms with van der Waals surface area (Å²) in [5.74, 6) is -3.66. The number of anilines is 1. The maximum Gasteiger partial charge on any atom is 0.254 e. The molecule has 0 saturated heterocycles. The average Bonchev–Trinajstić information content (AvgIpc) is 2.85. The molecule has 2 aliphatic rings. The normalized spacial score (nSPS) is 19.6. The fraction of sp³-hybridized carbons (Fsp3) is 0.172. The Hall–Kier alpha value is -4.13. The van der Waals surface area contributed by atoms with Crippen molar-refractivity contribution in [1.29, 1.82) is 0 Å². The minimum atomic E-state index is -0.914. The monoisotopic (exact) mass is 488 g/mol. The highest BCUT2D eigenvalue weighted by Gasteiger charge is 2.41. The Morgan fingerprint density at radius 1 is 0.889 bits per heavy atom. The van der Waals surface area contributed by atoms with Gasteiger partial charge in [0.05, 0.1) is 5.69 Å². The van der Waals surface area contributed by atoms with E-state index in [-0.39, 0.29) is 29.4 Å². The van der Waals surface area contributed by atoms with Gasteiger partial charge in [0.25, 0.3) is 5.91 Å². The Labute approximate surface area is 206 Å². The molecule has 3 aromatic carbocycles. The summed E-state index contributed by atoms with van der Waals surface area (Å²) in [6.07, 6.45) is 0.838. The van der Waals surface area contributed by atoms with Crippen LogP contribution in [0.15, 0.2) is 95.3 Å². The van der Waals surface area contributed by atoms with Crippen molar-refractivity contribution >= 4 is 17.4 Å². The average molecular weight is 489 g/mol. The zero-order chi connectivity index (χ0) is 25.4. The van der Waals surface area contributed by atoms with E-state index < -0.39 is 29.3 Å². The Bertz CT molecular complexity index is 1410. The molecule has 5 rings (SSSR count). The first-order valence-corrected chi connectivity index (χ1v) is 11.6. The number of dihydropyridines is 1. The van der Waals surface area contributed by atoms with Gasteiger partial charge in [-0.05, 0) is 54.7 Å². The number of allylic oxidation sites excluding steroid dienone is 3. The summed E-state index contributed by atoms with van der Waals surface area (Å²) >= 11 is 0. The predicted molar refractivity (Wildman–Crippen MR) is 130 cm³/mol. The lowest BCUT2D eigenvalue weighted by Crippen LogP contribution is -2.37. The van der Waals surface area contributed by atoms with Crippen LogP contribution in [0.25, 0.3) is 0 Å². The standard InChI is InChI=1S/C29H23F3N2O2/c1-16-26(29(36)34-23-12-11-21(31)15-22(23)32)27(18-7-9-20(30)10-8-18)28-24(33-16)13-19(14-25(28)35)17-5-3-2-4-6-17/h2-12,15,19,27,33H,13-14H2,1H3,(H,34,36). The van der Waals surface area contributed by atoms with Crippen molar-refractivity contribution in [3.8, 4) is 0 Å². The number of carbonyl (C=O) groups excluding carboxylic acids is 2. The molecule has 7 heteroatoms. The van der Waals surface area contributed by atoms with Crippen LogP contribution in [0.1, 0.15) is 42.7 Å². The molecule has 36 heavy (non-hydrogen) atoms. The zero-order valence-electron chi connectivity index (χ0n) is 19.4.